The molecule has 49 heavy (non-hydrogen) atoms. The van der Waals surface area contributed by atoms with E-state index in [1.165, 1.54) is 6.42 Å². The van der Waals surface area contributed by atoms with Gasteiger partial charge in [-0.25, -0.2) is 9.59 Å². The number of nitrogens with one attached hydrogen (secondary N) is 3. The molecule has 2 saturated heterocycles. The number of carbonyl (C=O) groups is 6. The van der Waals surface area contributed by atoms with E-state index in [0.717, 1.165) is 32.1 Å². The molecule has 5 amide bonds. The highest BCUT2D eigenvalue weighted by atomic mass is 35.5. The van der Waals surface area contributed by atoms with Crippen LogP contribution in [0.3, 0.4) is 0 Å². The molecule has 4 rings (SSSR count). The molecule has 0 bridgehead atoms. The number of hydrogen-bond acceptors (Lipinski definition) is 9. The molecule has 0 aromatic rings. The zero-order valence-electron chi connectivity index (χ0n) is 30.3. The van der Waals surface area contributed by atoms with Gasteiger partial charge in [0.15, 0.2) is 0 Å². The molecule has 0 aromatic carbocycles. The van der Waals surface area contributed by atoms with Gasteiger partial charge >= 0.3 is 11.5 Å². The number of rotatable bonds is 5. The van der Waals surface area contributed by atoms with Crippen LogP contribution in [0.4, 0.5) is 9.59 Å². The number of halogens is 2. The van der Waals surface area contributed by atoms with Gasteiger partial charge in [0.25, 0.3) is 5.91 Å². The molecule has 2 saturated carbocycles. The Morgan fingerprint density at radius 3 is 1.61 bits per heavy atom. The second-order valence-corrected chi connectivity index (χ2v) is 15.4. The Bertz CT molecular complexity index is 1150. The Kier molecular flexibility index (Phi) is 19.4. The van der Waals surface area contributed by atoms with Crippen molar-refractivity contribution >= 4 is 59.2 Å². The lowest BCUT2D eigenvalue weighted by atomic mass is 9.75. The fraction of sp³-hybridized carbons (Fsp3) is 0.824. The molecular formula is C34H60Cl2N4O9. The van der Waals surface area contributed by atoms with Crippen molar-refractivity contribution in [2.45, 2.75) is 143 Å². The van der Waals surface area contributed by atoms with Crippen LogP contribution in [0.2, 0.25) is 0 Å². The second-order valence-electron chi connectivity index (χ2n) is 15.1. The summed E-state index contributed by atoms with van der Waals surface area (Å²) in [6.45, 7) is 16.3. The monoisotopic (exact) mass is 738 g/mol. The van der Waals surface area contributed by atoms with E-state index in [4.69, 9.17) is 26.8 Å². The van der Waals surface area contributed by atoms with E-state index >= 15 is 0 Å². The Morgan fingerprint density at radius 2 is 1.22 bits per heavy atom. The minimum Gasteiger partial charge on any atom is -0.450 e. The Balaban J connectivity index is 0.000000758. The summed E-state index contributed by atoms with van der Waals surface area (Å²) in [5.41, 5.74) is 2.92. The molecule has 2 heterocycles. The molecule has 0 radical (unpaired) electrons. The Labute approximate surface area is 302 Å². The van der Waals surface area contributed by atoms with Crippen molar-refractivity contribution in [1.82, 2.24) is 16.0 Å². The fourth-order valence-electron chi connectivity index (χ4n) is 6.75. The van der Waals surface area contributed by atoms with Crippen molar-refractivity contribution < 1.29 is 43.7 Å². The maximum absolute atomic E-state index is 12.3. The number of piperidine rings is 2. The summed E-state index contributed by atoms with van der Waals surface area (Å²) in [5.74, 6) is 1.65. The van der Waals surface area contributed by atoms with E-state index in [9.17, 15) is 28.8 Å². The largest absolute Gasteiger partial charge is 0.450 e. The quantitative estimate of drug-likeness (QED) is 0.222. The number of imide groups is 2. The molecular weight excluding hydrogens is 679 g/mol. The van der Waals surface area contributed by atoms with Crippen LogP contribution in [0.5, 0.6) is 0 Å². The highest BCUT2D eigenvalue weighted by Gasteiger charge is 2.42. The summed E-state index contributed by atoms with van der Waals surface area (Å²) in [6.07, 6.45) is 7.07. The van der Waals surface area contributed by atoms with Gasteiger partial charge in [-0.05, 0) is 87.9 Å². The average molecular weight is 740 g/mol. The van der Waals surface area contributed by atoms with Crippen molar-refractivity contribution in [3.8, 4) is 0 Å². The highest BCUT2D eigenvalue weighted by molar-refractivity contribution is 6.61. The topological polar surface area (TPSA) is 214 Å². The van der Waals surface area contributed by atoms with Crippen LogP contribution in [-0.4, -0.2) is 63.9 Å². The zero-order valence-corrected chi connectivity index (χ0v) is 31.9. The van der Waals surface area contributed by atoms with Gasteiger partial charge in [-0.2, -0.15) is 0 Å². The van der Waals surface area contributed by atoms with Crippen LogP contribution < -0.4 is 21.7 Å². The van der Waals surface area contributed by atoms with Crippen LogP contribution >= 0.6 is 24.0 Å². The number of alkyl carbamates (subject to hydrolysis) is 1. The molecule has 0 aromatic heterocycles. The van der Waals surface area contributed by atoms with Crippen molar-refractivity contribution in [2.75, 3.05) is 0 Å². The lowest BCUT2D eigenvalue weighted by Gasteiger charge is -2.38. The SMILES string of the molecule is CC(C)[C@@H]1CC[C@@H](C)C[C@H]1OC(=O)Cl.CC(C)[C@@H]1CC[C@@H](C)C[C@H]1OC(=O)N[C@]1(C)CCC(=O)NC1=O.CC1(N)CCC(=O)NC1=O.Cl.O. The van der Waals surface area contributed by atoms with Gasteiger partial charge < -0.3 is 26.0 Å². The molecule has 2 aliphatic carbocycles. The second kappa shape index (κ2) is 20.4. The number of ether oxygens (including phenoxy) is 2. The van der Waals surface area contributed by atoms with Crippen molar-refractivity contribution in [1.29, 1.82) is 0 Å². The molecule has 7 N–H and O–H groups in total. The van der Waals surface area contributed by atoms with E-state index in [1.807, 2.05) is 0 Å². The zero-order chi connectivity index (χ0) is 35.7. The fourth-order valence-corrected chi connectivity index (χ4v) is 6.87. The first kappa shape index (κ1) is 46.5. The third-order valence-corrected chi connectivity index (χ3v) is 10.1. The van der Waals surface area contributed by atoms with E-state index in [2.05, 4.69) is 57.5 Å². The van der Waals surface area contributed by atoms with Crippen LogP contribution in [0.25, 0.3) is 0 Å². The molecule has 15 heteroatoms. The van der Waals surface area contributed by atoms with E-state index in [1.54, 1.807) is 13.8 Å². The van der Waals surface area contributed by atoms with Gasteiger partial charge in [0.1, 0.15) is 17.7 Å². The minimum atomic E-state index is -1.08. The molecule has 4 aliphatic rings. The van der Waals surface area contributed by atoms with Crippen molar-refractivity contribution in [3.63, 3.8) is 0 Å². The van der Waals surface area contributed by atoms with Crippen LogP contribution in [0, 0.1) is 35.5 Å². The smallest absolute Gasteiger partial charge is 0.408 e. The number of hydrogen-bond donors (Lipinski definition) is 4. The van der Waals surface area contributed by atoms with Gasteiger partial charge in [-0.1, -0.05) is 54.4 Å². The highest BCUT2D eigenvalue weighted by Crippen LogP contribution is 2.36. The molecule has 8 atom stereocenters. The van der Waals surface area contributed by atoms with Crippen LogP contribution in [0.15, 0.2) is 0 Å². The molecule has 13 nitrogen and oxygen atoms in total. The predicted octanol–water partition coefficient (Wildman–Crippen LogP) is 4.93. The van der Waals surface area contributed by atoms with Crippen molar-refractivity contribution in [3.05, 3.63) is 0 Å². The van der Waals surface area contributed by atoms with Crippen LogP contribution in [0.1, 0.15) is 120 Å². The van der Waals surface area contributed by atoms with Gasteiger partial charge in [-0.15, -0.1) is 12.4 Å². The van der Waals surface area contributed by atoms with Gasteiger partial charge in [0.2, 0.25) is 17.7 Å². The van der Waals surface area contributed by atoms with Gasteiger partial charge in [-0.3, -0.25) is 29.8 Å². The van der Waals surface area contributed by atoms with Gasteiger partial charge in [0, 0.05) is 24.4 Å². The van der Waals surface area contributed by atoms with E-state index in [0.29, 0.717) is 54.8 Å². The van der Waals surface area contributed by atoms with Gasteiger partial charge in [0.05, 0.1) is 5.54 Å². The maximum atomic E-state index is 12.3. The lowest BCUT2D eigenvalue weighted by Crippen LogP contribution is -2.61. The molecule has 2 aliphatic heterocycles. The summed E-state index contributed by atoms with van der Waals surface area (Å²) in [7, 11) is 0. The van der Waals surface area contributed by atoms with E-state index in [-0.39, 0.29) is 54.2 Å². The Morgan fingerprint density at radius 1 is 0.796 bits per heavy atom. The third-order valence-electron chi connectivity index (χ3n) is 10.1. The first-order chi connectivity index (χ1) is 21.7. The summed E-state index contributed by atoms with van der Waals surface area (Å²) in [6, 6.07) is 0. The van der Waals surface area contributed by atoms with E-state index < -0.39 is 28.5 Å². The number of nitrogens with two attached hydrogens (primary N) is 1. The number of carbonyl (C=O) groups excluding carboxylic acids is 6. The first-order valence-electron chi connectivity index (χ1n) is 17.1. The molecule has 0 spiro atoms. The summed E-state index contributed by atoms with van der Waals surface area (Å²) in [4.78, 5) is 67.7. The lowest BCUT2D eigenvalue weighted by molar-refractivity contribution is -0.139. The summed E-state index contributed by atoms with van der Waals surface area (Å²) in [5, 5.41) is 7.09. The Hall–Kier alpha value is -2.48. The molecule has 284 valence electrons. The summed E-state index contributed by atoms with van der Waals surface area (Å²) >= 11 is 5.27. The first-order valence-corrected chi connectivity index (χ1v) is 17.4. The average Bonchev–Trinajstić information content (AvgIpc) is 2.94. The summed E-state index contributed by atoms with van der Waals surface area (Å²) < 4.78 is 10.8. The standard InChI is InChI=1S/C17H28N2O4.C11H19ClO2.C6H10N2O2.ClH.H2O/c1-10(2)12-6-5-11(3)9-13(12)23-16(22)19-17(4)8-7-14(20)18-15(17)21;1-7(2)9-5-4-8(3)6-10(9)14-11(12)13;1-6(7)3-2-4(9)8-5(6)10;;/h10-13H,5-9H2,1-4H3,(H,19,22)(H,18,20,21);7-10H,4-6H2,1-3H3;2-3,7H2,1H3,(H,8,9,10);1H;1H2/t11-,12+,13-,17-;8-,9+,10-;;;/m11.../s1. The molecule has 1 unspecified atom stereocenters. The normalized spacial score (nSPS) is 32.7. The third kappa shape index (κ3) is 14.7. The predicted molar refractivity (Wildman–Crippen MR) is 189 cm³/mol. The minimum absolute atomic E-state index is 0. The maximum Gasteiger partial charge on any atom is 0.408 e. The molecule has 4 fully saturated rings. The van der Waals surface area contributed by atoms with Crippen LogP contribution in [-0.2, 0) is 28.7 Å². The number of amides is 5. The van der Waals surface area contributed by atoms with Crippen molar-refractivity contribution in [2.24, 2.45) is 41.2 Å².